The Morgan fingerprint density at radius 1 is 1.09 bits per heavy atom. The van der Waals surface area contributed by atoms with Gasteiger partial charge in [-0.1, -0.05) is 6.08 Å². The number of methoxy groups -OCH3 is 2. The van der Waals surface area contributed by atoms with E-state index >= 15 is 0 Å². The molecule has 0 saturated carbocycles. The van der Waals surface area contributed by atoms with Crippen LogP contribution in [-0.4, -0.2) is 20.0 Å². The topological polar surface area (TPSA) is 39.4 Å². The van der Waals surface area contributed by atoms with Gasteiger partial charge in [0.15, 0.2) is 18.2 Å². The van der Waals surface area contributed by atoms with E-state index in [4.69, 9.17) is 9.47 Å². The number of carbonyl (C=O) groups excluding carboxylic acids is 1. The first kappa shape index (κ1) is 18.2. The third-order valence-electron chi connectivity index (χ3n) is 3.11. The smallest absolute Gasteiger partial charge is 0.189 e. The van der Waals surface area contributed by atoms with Crippen molar-refractivity contribution in [3.63, 3.8) is 0 Å². The normalized spacial score (nSPS) is 10.1. The van der Waals surface area contributed by atoms with Crippen LogP contribution in [-0.2, 0) is 7.05 Å². The quantitative estimate of drug-likeness (QED) is 0.287. The first-order valence-electron chi connectivity index (χ1n) is 6.54. The predicted octanol–water partition coefficient (Wildman–Crippen LogP) is -0.572. The van der Waals surface area contributed by atoms with Crippen LogP contribution in [0.2, 0.25) is 0 Å². The van der Waals surface area contributed by atoms with E-state index in [1.807, 2.05) is 36.1 Å². The zero-order valence-electron chi connectivity index (χ0n) is 12.7. The van der Waals surface area contributed by atoms with Crippen molar-refractivity contribution in [3.8, 4) is 11.5 Å². The van der Waals surface area contributed by atoms with Gasteiger partial charge in [-0.05, 0) is 23.8 Å². The van der Waals surface area contributed by atoms with Gasteiger partial charge in [0.1, 0.15) is 18.5 Å². The van der Waals surface area contributed by atoms with Crippen molar-refractivity contribution in [3.05, 3.63) is 59.9 Å². The van der Waals surface area contributed by atoms with E-state index in [9.17, 15) is 4.79 Å². The molecule has 116 valence electrons. The van der Waals surface area contributed by atoms with Gasteiger partial charge in [0.2, 0.25) is 0 Å². The van der Waals surface area contributed by atoms with E-state index in [0.29, 0.717) is 17.1 Å². The number of halogens is 1. The molecule has 0 spiro atoms. The Bertz CT molecular complexity index is 666. The number of ether oxygens (including phenoxy) is 2. The van der Waals surface area contributed by atoms with Crippen LogP contribution < -0.4 is 38.0 Å². The molecular weight excluding hydrogens is 393 g/mol. The lowest BCUT2D eigenvalue weighted by molar-refractivity contribution is -0.671. The number of pyridine rings is 1. The van der Waals surface area contributed by atoms with Gasteiger partial charge >= 0.3 is 0 Å². The predicted molar refractivity (Wildman–Crippen MR) is 80.5 cm³/mol. The molecule has 0 bridgehead atoms. The zero-order valence-corrected chi connectivity index (χ0v) is 14.9. The standard InChI is InChI=1S/C17H18NO3.HI/c1-18-10-8-13(9-11-18)4-7-16(19)15-6-5-14(20-2)12-17(15)21-3;/h4-12H,1-3H3;1H/q+1;/p-1/b7-4+;. The number of hydrogen-bond donors (Lipinski definition) is 0. The Hall–Kier alpha value is -1.89. The number of allylic oxidation sites excluding steroid dienone is 1. The molecule has 1 aromatic heterocycles. The number of aromatic nitrogens is 1. The van der Waals surface area contributed by atoms with Crippen LogP contribution in [0.3, 0.4) is 0 Å². The van der Waals surface area contributed by atoms with Crippen LogP contribution in [0.15, 0.2) is 48.8 Å². The maximum atomic E-state index is 12.3. The lowest BCUT2D eigenvalue weighted by Gasteiger charge is -2.07. The fourth-order valence-corrected chi connectivity index (χ4v) is 1.89. The molecular formula is C17H18INO3. The molecule has 0 aliphatic heterocycles. The van der Waals surface area contributed by atoms with Gasteiger partial charge in [0.25, 0.3) is 0 Å². The van der Waals surface area contributed by atoms with E-state index in [2.05, 4.69) is 0 Å². The molecule has 4 nitrogen and oxygen atoms in total. The van der Waals surface area contributed by atoms with Crippen molar-refractivity contribution in [1.82, 2.24) is 0 Å². The monoisotopic (exact) mass is 411 g/mol. The highest BCUT2D eigenvalue weighted by atomic mass is 127. The van der Waals surface area contributed by atoms with Crippen molar-refractivity contribution >= 4 is 11.9 Å². The number of carbonyl (C=O) groups is 1. The Labute approximate surface area is 147 Å². The molecule has 0 N–H and O–H groups in total. The van der Waals surface area contributed by atoms with Gasteiger partial charge in [-0.15, -0.1) is 0 Å². The SMILES string of the molecule is COc1ccc(C(=O)/C=C/c2cc[n+](C)cc2)c(OC)c1.[I-]. The molecule has 0 saturated heterocycles. The van der Waals surface area contributed by atoms with Crippen LogP contribution >= 0.6 is 0 Å². The van der Waals surface area contributed by atoms with E-state index in [-0.39, 0.29) is 29.8 Å². The lowest BCUT2D eigenvalue weighted by atomic mass is 10.1. The van der Waals surface area contributed by atoms with Crippen LogP contribution in [0.4, 0.5) is 0 Å². The number of rotatable bonds is 5. The second kappa shape index (κ2) is 8.53. The summed E-state index contributed by atoms with van der Waals surface area (Å²) in [7, 11) is 5.05. The van der Waals surface area contributed by atoms with Crippen molar-refractivity contribution in [1.29, 1.82) is 0 Å². The number of nitrogens with zero attached hydrogens (tertiary/aromatic N) is 1. The highest BCUT2D eigenvalue weighted by Crippen LogP contribution is 2.25. The van der Waals surface area contributed by atoms with Gasteiger partial charge in [-0.25, -0.2) is 4.57 Å². The van der Waals surface area contributed by atoms with E-state index < -0.39 is 0 Å². The van der Waals surface area contributed by atoms with Crippen LogP contribution in [0, 0.1) is 0 Å². The van der Waals surface area contributed by atoms with Crippen molar-refractivity contribution in [2.75, 3.05) is 14.2 Å². The summed E-state index contributed by atoms with van der Waals surface area (Å²) < 4.78 is 12.3. The Balaban J connectivity index is 0.00000242. The maximum absolute atomic E-state index is 12.3. The molecule has 0 aliphatic rings. The van der Waals surface area contributed by atoms with Crippen LogP contribution in [0.5, 0.6) is 11.5 Å². The summed E-state index contributed by atoms with van der Waals surface area (Å²) in [6.07, 6.45) is 7.18. The molecule has 1 aromatic carbocycles. The average molecular weight is 411 g/mol. The summed E-state index contributed by atoms with van der Waals surface area (Å²) in [5.74, 6) is 1.05. The third kappa shape index (κ3) is 4.56. The molecule has 5 heteroatoms. The van der Waals surface area contributed by atoms with Crippen molar-refractivity contribution < 1.29 is 42.8 Å². The summed E-state index contributed by atoms with van der Waals surface area (Å²) >= 11 is 0. The molecule has 0 fully saturated rings. The molecule has 0 amide bonds. The Morgan fingerprint density at radius 2 is 1.77 bits per heavy atom. The lowest BCUT2D eigenvalue weighted by Crippen LogP contribution is -3.00. The first-order chi connectivity index (χ1) is 10.1. The van der Waals surface area contributed by atoms with Crippen molar-refractivity contribution in [2.24, 2.45) is 7.05 Å². The first-order valence-corrected chi connectivity index (χ1v) is 6.54. The number of aryl methyl sites for hydroxylation is 1. The van der Waals surface area contributed by atoms with Crippen LogP contribution in [0.25, 0.3) is 6.08 Å². The molecule has 0 radical (unpaired) electrons. The van der Waals surface area contributed by atoms with E-state index in [1.165, 1.54) is 7.11 Å². The Kier molecular flexibility index (Phi) is 7.04. The fourth-order valence-electron chi connectivity index (χ4n) is 1.89. The summed E-state index contributed by atoms with van der Waals surface area (Å²) in [5, 5.41) is 0. The van der Waals surface area contributed by atoms with Gasteiger partial charge in [-0.3, -0.25) is 4.79 Å². The second-order valence-electron chi connectivity index (χ2n) is 4.56. The number of hydrogen-bond acceptors (Lipinski definition) is 3. The maximum Gasteiger partial charge on any atom is 0.189 e. The molecule has 2 aromatic rings. The zero-order chi connectivity index (χ0) is 15.2. The van der Waals surface area contributed by atoms with E-state index in [1.54, 1.807) is 37.5 Å². The number of ketones is 1. The highest BCUT2D eigenvalue weighted by molar-refractivity contribution is 6.08. The molecule has 22 heavy (non-hydrogen) atoms. The van der Waals surface area contributed by atoms with Gasteiger partial charge in [0, 0.05) is 18.2 Å². The summed E-state index contributed by atoms with van der Waals surface area (Å²) in [5.41, 5.74) is 1.48. The highest BCUT2D eigenvalue weighted by Gasteiger charge is 2.10. The summed E-state index contributed by atoms with van der Waals surface area (Å²) in [4.78, 5) is 12.3. The van der Waals surface area contributed by atoms with E-state index in [0.717, 1.165) is 5.56 Å². The van der Waals surface area contributed by atoms with Gasteiger partial charge in [0.05, 0.1) is 19.8 Å². The molecule has 0 atom stereocenters. The summed E-state index contributed by atoms with van der Waals surface area (Å²) in [6, 6.07) is 9.02. The van der Waals surface area contributed by atoms with Gasteiger partial charge < -0.3 is 33.5 Å². The third-order valence-corrected chi connectivity index (χ3v) is 3.11. The minimum atomic E-state index is -0.109. The fraction of sp³-hybridized carbons (Fsp3) is 0.176. The minimum absolute atomic E-state index is 0. The average Bonchev–Trinajstić information content (AvgIpc) is 2.53. The number of benzene rings is 1. The molecule has 0 aliphatic carbocycles. The van der Waals surface area contributed by atoms with Gasteiger partial charge in [-0.2, -0.15) is 0 Å². The largest absolute Gasteiger partial charge is 1.00 e. The molecule has 1 heterocycles. The molecule has 2 rings (SSSR count). The van der Waals surface area contributed by atoms with Crippen molar-refractivity contribution in [2.45, 2.75) is 0 Å². The second-order valence-corrected chi connectivity index (χ2v) is 4.56. The minimum Gasteiger partial charge on any atom is -1.00 e. The summed E-state index contributed by atoms with van der Waals surface area (Å²) in [6.45, 7) is 0. The van der Waals surface area contributed by atoms with Crippen LogP contribution in [0.1, 0.15) is 15.9 Å². The Morgan fingerprint density at radius 3 is 2.36 bits per heavy atom. The molecule has 0 unspecified atom stereocenters.